The van der Waals surface area contributed by atoms with E-state index in [9.17, 15) is 5.21 Å². The Morgan fingerprint density at radius 3 is 1.68 bits per heavy atom. The second kappa shape index (κ2) is 10.9. The van der Waals surface area contributed by atoms with Crippen molar-refractivity contribution in [1.82, 2.24) is 0 Å². The predicted octanol–water partition coefficient (Wildman–Crippen LogP) is 4.34. The summed E-state index contributed by atoms with van der Waals surface area (Å²) in [4.78, 5) is 0. The maximum Gasteiger partial charge on any atom is 0.215 e. The van der Waals surface area contributed by atoms with Gasteiger partial charge in [-0.25, -0.2) is 4.74 Å². The summed E-state index contributed by atoms with van der Waals surface area (Å²) in [6.45, 7) is 1.54. The van der Waals surface area contributed by atoms with Gasteiger partial charge in [0.15, 0.2) is 18.4 Å². The van der Waals surface area contributed by atoms with Crippen LogP contribution in [0.15, 0.2) is 91.0 Å². The number of ether oxygens (including phenoxy) is 3. The summed E-state index contributed by atoms with van der Waals surface area (Å²) in [5.74, 6) is 0. The maximum absolute atomic E-state index is 12.7. The van der Waals surface area contributed by atoms with E-state index in [4.69, 9.17) is 14.2 Å². The molecule has 3 aromatic rings. The molecule has 0 amide bonds. The van der Waals surface area contributed by atoms with Crippen LogP contribution in [0, 0.1) is 5.21 Å². The van der Waals surface area contributed by atoms with Crippen LogP contribution in [0.1, 0.15) is 16.7 Å². The second-order valence-electron chi connectivity index (χ2n) is 7.60. The largest absolute Gasteiger partial charge is 0.624 e. The highest BCUT2D eigenvalue weighted by molar-refractivity contribution is 5.61. The molecule has 0 unspecified atom stereocenters. The summed E-state index contributed by atoms with van der Waals surface area (Å²) in [7, 11) is 0. The van der Waals surface area contributed by atoms with Crippen LogP contribution < -0.4 is 0 Å². The Labute approximate surface area is 183 Å². The molecule has 4 rings (SSSR count). The third-order valence-electron chi connectivity index (χ3n) is 5.29. The van der Waals surface area contributed by atoms with Crippen LogP contribution in [0.3, 0.4) is 0 Å². The minimum atomic E-state index is -0.465. The molecule has 0 aliphatic carbocycles. The number of benzene rings is 3. The third kappa shape index (κ3) is 6.01. The molecule has 1 aliphatic rings. The minimum Gasteiger partial charge on any atom is -0.624 e. The van der Waals surface area contributed by atoms with Crippen molar-refractivity contribution in [3.05, 3.63) is 113 Å². The van der Waals surface area contributed by atoms with Crippen LogP contribution in [0.2, 0.25) is 0 Å². The van der Waals surface area contributed by atoms with Crippen LogP contribution in [0.4, 0.5) is 0 Å². The number of hydrogen-bond acceptors (Lipinski definition) is 4. The van der Waals surface area contributed by atoms with E-state index in [0.29, 0.717) is 19.8 Å². The molecule has 0 saturated carbocycles. The lowest BCUT2D eigenvalue weighted by Gasteiger charge is -2.23. The first-order valence-electron chi connectivity index (χ1n) is 10.5. The quantitative estimate of drug-likeness (QED) is 0.364. The number of rotatable bonds is 10. The minimum absolute atomic E-state index is 0.263. The highest BCUT2D eigenvalue weighted by Crippen LogP contribution is 2.21. The fourth-order valence-corrected chi connectivity index (χ4v) is 3.62. The normalized spacial score (nSPS) is 20.5. The van der Waals surface area contributed by atoms with Crippen molar-refractivity contribution in [2.24, 2.45) is 0 Å². The number of hydrogen-bond donors (Lipinski definition) is 0. The molecule has 31 heavy (non-hydrogen) atoms. The topological polar surface area (TPSA) is 53.8 Å². The van der Waals surface area contributed by atoms with Gasteiger partial charge in [0.1, 0.15) is 6.61 Å². The van der Waals surface area contributed by atoms with Crippen molar-refractivity contribution in [2.45, 2.75) is 38.1 Å². The Morgan fingerprint density at radius 2 is 1.13 bits per heavy atom. The molecule has 0 bridgehead atoms. The molecule has 5 nitrogen and oxygen atoms in total. The number of hydroxylamine groups is 1. The van der Waals surface area contributed by atoms with Gasteiger partial charge in [-0.3, -0.25) is 0 Å². The predicted molar refractivity (Wildman–Crippen MR) is 120 cm³/mol. The lowest BCUT2D eigenvalue weighted by molar-refractivity contribution is -0.504. The maximum atomic E-state index is 12.7. The summed E-state index contributed by atoms with van der Waals surface area (Å²) in [6, 6.07) is 29.3. The van der Waals surface area contributed by atoms with Gasteiger partial charge in [0, 0.05) is 0 Å². The first-order chi connectivity index (χ1) is 15.3. The average molecular weight is 418 g/mol. The van der Waals surface area contributed by atoms with Crippen LogP contribution in [0.5, 0.6) is 0 Å². The molecule has 0 fully saturated rings. The van der Waals surface area contributed by atoms with Crippen LogP contribution in [-0.2, 0) is 34.0 Å². The summed E-state index contributed by atoms with van der Waals surface area (Å²) in [5, 5.41) is 12.7. The monoisotopic (exact) mass is 417 g/mol. The SMILES string of the molecule is [O-][N+]1=C[C@H](OCc2ccccc2)[C@H](OCc2ccccc2)[C@@H]1COCc1ccccc1. The molecule has 0 radical (unpaired) electrons. The Balaban J connectivity index is 1.40. The van der Waals surface area contributed by atoms with E-state index in [2.05, 4.69) is 0 Å². The molecular formula is C26H27NO4. The van der Waals surface area contributed by atoms with Gasteiger partial charge in [-0.1, -0.05) is 91.0 Å². The van der Waals surface area contributed by atoms with Gasteiger partial charge in [0.2, 0.25) is 6.04 Å². The molecule has 1 heterocycles. The van der Waals surface area contributed by atoms with Crippen LogP contribution in [0.25, 0.3) is 0 Å². The third-order valence-corrected chi connectivity index (χ3v) is 5.29. The van der Waals surface area contributed by atoms with Crippen molar-refractivity contribution in [3.63, 3.8) is 0 Å². The molecule has 0 aromatic heterocycles. The Morgan fingerprint density at radius 1 is 0.645 bits per heavy atom. The first kappa shape index (κ1) is 21.2. The van der Waals surface area contributed by atoms with Gasteiger partial charge in [-0.05, 0) is 16.7 Å². The highest BCUT2D eigenvalue weighted by atomic mass is 16.6. The lowest BCUT2D eigenvalue weighted by atomic mass is 10.1. The molecule has 5 heteroatoms. The van der Waals surface area contributed by atoms with E-state index in [1.807, 2.05) is 91.0 Å². The van der Waals surface area contributed by atoms with Crippen molar-refractivity contribution in [3.8, 4) is 0 Å². The lowest BCUT2D eigenvalue weighted by Crippen LogP contribution is -2.41. The van der Waals surface area contributed by atoms with Crippen molar-refractivity contribution >= 4 is 6.21 Å². The average Bonchev–Trinajstić information content (AvgIpc) is 3.12. The van der Waals surface area contributed by atoms with E-state index in [0.717, 1.165) is 21.4 Å². The standard InChI is InChI=1S/C26H27NO4/c28-27-16-25(30-18-22-12-6-2-7-13-22)26(31-19-23-14-8-3-9-15-23)24(27)20-29-17-21-10-4-1-5-11-21/h1-16,24-26H,17-20H2/t24-,25-,26+/m0/s1. The van der Waals surface area contributed by atoms with E-state index >= 15 is 0 Å². The Bertz CT molecular complexity index is 947. The van der Waals surface area contributed by atoms with Gasteiger partial charge in [-0.15, -0.1) is 0 Å². The van der Waals surface area contributed by atoms with Crippen LogP contribution in [-0.4, -0.2) is 35.8 Å². The fourth-order valence-electron chi connectivity index (χ4n) is 3.62. The molecule has 3 aromatic carbocycles. The zero-order valence-electron chi connectivity index (χ0n) is 17.4. The van der Waals surface area contributed by atoms with Gasteiger partial charge >= 0.3 is 0 Å². The Kier molecular flexibility index (Phi) is 7.45. The van der Waals surface area contributed by atoms with Crippen molar-refractivity contribution in [2.75, 3.05) is 6.61 Å². The van der Waals surface area contributed by atoms with E-state index < -0.39 is 18.2 Å². The van der Waals surface area contributed by atoms with Gasteiger partial charge in [0.05, 0.1) is 19.8 Å². The van der Waals surface area contributed by atoms with E-state index in [1.54, 1.807) is 6.21 Å². The Hall–Kier alpha value is -2.99. The van der Waals surface area contributed by atoms with E-state index in [1.165, 1.54) is 0 Å². The summed E-state index contributed by atoms with van der Waals surface area (Å²) < 4.78 is 19.1. The molecule has 160 valence electrons. The van der Waals surface area contributed by atoms with E-state index in [-0.39, 0.29) is 6.61 Å². The highest BCUT2D eigenvalue weighted by Gasteiger charge is 2.43. The smallest absolute Gasteiger partial charge is 0.215 e. The summed E-state index contributed by atoms with van der Waals surface area (Å²) in [6.07, 6.45) is 0.707. The molecular weight excluding hydrogens is 390 g/mol. The van der Waals surface area contributed by atoms with Crippen LogP contribution >= 0.6 is 0 Å². The molecule has 0 saturated heterocycles. The second-order valence-corrected chi connectivity index (χ2v) is 7.60. The van der Waals surface area contributed by atoms with Gasteiger partial charge < -0.3 is 19.4 Å². The number of nitrogens with zero attached hydrogens (tertiary/aromatic N) is 1. The summed E-state index contributed by atoms with van der Waals surface area (Å²) >= 11 is 0. The van der Waals surface area contributed by atoms with Gasteiger partial charge in [-0.2, -0.15) is 0 Å². The zero-order chi connectivity index (χ0) is 21.3. The molecule has 1 aliphatic heterocycles. The van der Waals surface area contributed by atoms with Crippen molar-refractivity contribution in [1.29, 1.82) is 0 Å². The molecule has 0 N–H and O–H groups in total. The fraction of sp³-hybridized carbons (Fsp3) is 0.269. The molecule has 3 atom stereocenters. The first-order valence-corrected chi connectivity index (χ1v) is 10.5. The van der Waals surface area contributed by atoms with Crippen molar-refractivity contribution < 1.29 is 18.9 Å². The zero-order valence-corrected chi connectivity index (χ0v) is 17.4. The van der Waals surface area contributed by atoms with Gasteiger partial charge in [0.25, 0.3) is 0 Å². The summed E-state index contributed by atoms with van der Waals surface area (Å²) in [5.41, 5.74) is 3.18. The molecule has 0 spiro atoms.